The summed E-state index contributed by atoms with van der Waals surface area (Å²) in [6.45, 7) is 0.366. The highest BCUT2D eigenvalue weighted by Gasteiger charge is 2.09. The van der Waals surface area contributed by atoms with E-state index in [-0.39, 0.29) is 24.0 Å². The highest BCUT2D eigenvalue weighted by atomic mass is 32.1. The molecule has 0 bridgehead atoms. The number of thiazole rings is 1. The number of nitrogens with one attached hydrogen (secondary N) is 1. The molecule has 2 aromatic rings. The Morgan fingerprint density at radius 3 is 2.95 bits per heavy atom. The second-order valence-electron chi connectivity index (χ2n) is 3.70. The summed E-state index contributed by atoms with van der Waals surface area (Å²) in [5, 5.41) is 1.97. The molecule has 19 heavy (non-hydrogen) atoms. The first-order valence-corrected chi connectivity index (χ1v) is 6.35. The number of carbonyl (C=O) groups is 1. The first kappa shape index (κ1) is 13.6. The number of amides is 1. The molecule has 5 nitrogen and oxygen atoms in total. The predicted octanol–water partition coefficient (Wildman–Crippen LogP) is 1.60. The number of hydrogen-bond donors (Lipinski definition) is 2. The van der Waals surface area contributed by atoms with Crippen LogP contribution in [0, 0.1) is 5.82 Å². The zero-order chi connectivity index (χ0) is 13.7. The maximum Gasteiger partial charge on any atom is 0.294 e. The van der Waals surface area contributed by atoms with E-state index in [1.54, 1.807) is 23.6 Å². The molecule has 0 saturated heterocycles. The van der Waals surface area contributed by atoms with Gasteiger partial charge in [-0.05, 0) is 6.07 Å². The number of hydrogen-bond acceptors (Lipinski definition) is 5. The summed E-state index contributed by atoms with van der Waals surface area (Å²) in [4.78, 5) is 15.2. The average Bonchev–Trinajstić information content (AvgIpc) is 2.89. The molecule has 0 fully saturated rings. The second kappa shape index (κ2) is 6.37. The third kappa shape index (κ3) is 3.57. The van der Waals surface area contributed by atoms with Gasteiger partial charge in [0, 0.05) is 10.9 Å². The minimum atomic E-state index is -0.439. The van der Waals surface area contributed by atoms with Crippen molar-refractivity contribution in [1.82, 2.24) is 10.4 Å². The first-order valence-electron chi connectivity index (χ1n) is 5.47. The highest BCUT2D eigenvalue weighted by Crippen LogP contribution is 2.12. The van der Waals surface area contributed by atoms with Gasteiger partial charge in [-0.3, -0.25) is 10.2 Å². The third-order valence-electron chi connectivity index (χ3n) is 2.34. The van der Waals surface area contributed by atoms with Crippen molar-refractivity contribution in [2.75, 3.05) is 0 Å². The zero-order valence-electron chi connectivity index (χ0n) is 9.93. The molecule has 0 aliphatic carbocycles. The van der Waals surface area contributed by atoms with Crippen molar-refractivity contribution in [2.45, 2.75) is 13.2 Å². The number of nitrogen functional groups attached to an aromatic ring is 1. The first-order chi connectivity index (χ1) is 9.20. The number of hydrazine groups is 1. The van der Waals surface area contributed by atoms with Gasteiger partial charge in [-0.25, -0.2) is 15.2 Å². The molecular formula is C12H12FN3O2S. The Bertz CT molecular complexity index is 574. The van der Waals surface area contributed by atoms with Crippen molar-refractivity contribution in [3.63, 3.8) is 0 Å². The summed E-state index contributed by atoms with van der Waals surface area (Å²) in [5.41, 5.74) is 3.10. The van der Waals surface area contributed by atoms with E-state index in [1.165, 1.54) is 17.4 Å². The second-order valence-corrected chi connectivity index (χ2v) is 4.56. The Hall–Kier alpha value is -1.83. The number of rotatable bonds is 5. The monoisotopic (exact) mass is 281 g/mol. The lowest BCUT2D eigenvalue weighted by molar-refractivity contribution is 0.0947. The fourth-order valence-corrected chi connectivity index (χ4v) is 2.12. The van der Waals surface area contributed by atoms with Crippen LogP contribution in [0.2, 0.25) is 0 Å². The fraction of sp³-hybridized carbons (Fsp3) is 0.167. The molecule has 0 aliphatic heterocycles. The van der Waals surface area contributed by atoms with E-state index in [2.05, 4.69) is 4.98 Å². The molecule has 0 saturated carbocycles. The average molecular weight is 281 g/mol. The van der Waals surface area contributed by atoms with Gasteiger partial charge >= 0.3 is 0 Å². The van der Waals surface area contributed by atoms with E-state index in [0.717, 1.165) is 0 Å². The molecule has 7 heteroatoms. The van der Waals surface area contributed by atoms with Crippen molar-refractivity contribution in [2.24, 2.45) is 5.84 Å². The van der Waals surface area contributed by atoms with Crippen molar-refractivity contribution in [3.8, 4) is 0 Å². The molecule has 1 amide bonds. The molecule has 0 spiro atoms. The predicted molar refractivity (Wildman–Crippen MR) is 68.7 cm³/mol. The van der Waals surface area contributed by atoms with Gasteiger partial charge in [-0.1, -0.05) is 18.2 Å². The van der Waals surface area contributed by atoms with Crippen molar-refractivity contribution in [1.29, 1.82) is 0 Å². The Labute approximate surface area is 113 Å². The molecule has 0 radical (unpaired) electrons. The Kier molecular flexibility index (Phi) is 4.56. The topological polar surface area (TPSA) is 77.2 Å². The number of ether oxygens (including phenoxy) is 1. The van der Waals surface area contributed by atoms with Crippen LogP contribution >= 0.6 is 11.3 Å². The van der Waals surface area contributed by atoms with Crippen molar-refractivity contribution in [3.05, 3.63) is 51.7 Å². The van der Waals surface area contributed by atoms with E-state index in [4.69, 9.17) is 10.6 Å². The largest absolute Gasteiger partial charge is 0.370 e. The van der Waals surface area contributed by atoms with E-state index in [0.29, 0.717) is 11.3 Å². The smallest absolute Gasteiger partial charge is 0.294 e. The zero-order valence-corrected chi connectivity index (χ0v) is 10.7. The number of carbonyl (C=O) groups excluding carboxylic acids is 1. The number of benzene rings is 1. The lowest BCUT2D eigenvalue weighted by Gasteiger charge is -2.03. The minimum absolute atomic E-state index is 0.155. The van der Waals surface area contributed by atoms with Crippen LogP contribution in [0.1, 0.15) is 21.1 Å². The van der Waals surface area contributed by atoms with Gasteiger partial charge in [0.25, 0.3) is 5.91 Å². The molecular weight excluding hydrogens is 269 g/mol. The van der Waals surface area contributed by atoms with Gasteiger partial charge in [0.05, 0.1) is 18.9 Å². The normalized spacial score (nSPS) is 10.4. The summed E-state index contributed by atoms with van der Waals surface area (Å²) in [6, 6.07) is 6.40. The van der Waals surface area contributed by atoms with Crippen LogP contribution in [0.15, 0.2) is 29.6 Å². The Balaban J connectivity index is 1.88. The standard InChI is InChI=1S/C12H12FN3O2S/c13-10-4-2-1-3-8(10)5-18-6-9-7-19-12(15-9)11(17)16-14/h1-4,7H,5-6,14H2,(H,16,17). The number of nitrogens with two attached hydrogens (primary N) is 1. The van der Waals surface area contributed by atoms with Crippen LogP contribution in [0.3, 0.4) is 0 Å². The van der Waals surface area contributed by atoms with Crippen LogP contribution in [-0.4, -0.2) is 10.9 Å². The molecule has 0 aliphatic rings. The quantitative estimate of drug-likeness (QED) is 0.496. The summed E-state index contributed by atoms with van der Waals surface area (Å²) < 4.78 is 18.7. The number of halogens is 1. The van der Waals surface area contributed by atoms with E-state index in [9.17, 15) is 9.18 Å². The minimum Gasteiger partial charge on any atom is -0.370 e. The third-order valence-corrected chi connectivity index (χ3v) is 3.23. The van der Waals surface area contributed by atoms with Crippen LogP contribution in [0.5, 0.6) is 0 Å². The van der Waals surface area contributed by atoms with E-state index in [1.807, 2.05) is 5.43 Å². The van der Waals surface area contributed by atoms with Gasteiger partial charge in [-0.2, -0.15) is 0 Å². The molecule has 100 valence electrons. The summed E-state index contributed by atoms with van der Waals surface area (Å²) in [6.07, 6.45) is 0. The van der Waals surface area contributed by atoms with Gasteiger partial charge in [0.2, 0.25) is 0 Å². The maximum absolute atomic E-state index is 13.3. The molecule has 1 heterocycles. The van der Waals surface area contributed by atoms with Crippen LogP contribution in [0.4, 0.5) is 4.39 Å². The summed E-state index contributed by atoms with van der Waals surface area (Å²) in [7, 11) is 0. The lowest BCUT2D eigenvalue weighted by Crippen LogP contribution is -2.29. The molecule has 0 atom stereocenters. The molecule has 3 N–H and O–H groups in total. The number of nitrogens with zero attached hydrogens (tertiary/aromatic N) is 1. The van der Waals surface area contributed by atoms with Crippen LogP contribution in [0.25, 0.3) is 0 Å². The fourth-order valence-electron chi connectivity index (χ4n) is 1.42. The molecule has 0 unspecified atom stereocenters. The summed E-state index contributed by atoms with van der Waals surface area (Å²) >= 11 is 1.17. The van der Waals surface area contributed by atoms with Gasteiger partial charge in [-0.15, -0.1) is 11.3 Å². The van der Waals surface area contributed by atoms with Crippen molar-refractivity contribution >= 4 is 17.2 Å². The Morgan fingerprint density at radius 1 is 1.42 bits per heavy atom. The molecule has 1 aromatic heterocycles. The lowest BCUT2D eigenvalue weighted by atomic mass is 10.2. The molecule has 1 aromatic carbocycles. The van der Waals surface area contributed by atoms with Gasteiger partial charge in [0.15, 0.2) is 5.01 Å². The summed E-state index contributed by atoms with van der Waals surface area (Å²) in [5.74, 6) is 4.26. The highest BCUT2D eigenvalue weighted by molar-refractivity contribution is 7.11. The van der Waals surface area contributed by atoms with E-state index < -0.39 is 5.91 Å². The Morgan fingerprint density at radius 2 is 2.21 bits per heavy atom. The number of aromatic nitrogens is 1. The van der Waals surface area contributed by atoms with E-state index >= 15 is 0 Å². The molecule has 2 rings (SSSR count). The van der Waals surface area contributed by atoms with Crippen molar-refractivity contribution < 1.29 is 13.9 Å². The van der Waals surface area contributed by atoms with Gasteiger partial charge in [0.1, 0.15) is 5.82 Å². The van der Waals surface area contributed by atoms with Crippen LogP contribution in [-0.2, 0) is 18.0 Å². The van der Waals surface area contributed by atoms with Gasteiger partial charge < -0.3 is 4.74 Å². The van der Waals surface area contributed by atoms with Crippen LogP contribution < -0.4 is 11.3 Å². The SMILES string of the molecule is NNC(=O)c1nc(COCc2ccccc2F)cs1. The maximum atomic E-state index is 13.3.